The summed E-state index contributed by atoms with van der Waals surface area (Å²) in [4.78, 5) is 2.27. The third kappa shape index (κ3) is 1.95. The first-order valence-electron chi connectivity index (χ1n) is 4.63. The minimum absolute atomic E-state index is 0.307. The summed E-state index contributed by atoms with van der Waals surface area (Å²) in [6.07, 6.45) is 5.81. The molecule has 4 nitrogen and oxygen atoms in total. The van der Waals surface area contributed by atoms with Crippen LogP contribution in [0.4, 0.5) is 5.69 Å². The number of hydrogen-bond acceptors (Lipinski definition) is 4. The van der Waals surface area contributed by atoms with Crippen LogP contribution in [0.15, 0.2) is 18.5 Å². The molecule has 70 valence electrons. The predicted octanol–water partition coefficient (Wildman–Crippen LogP) is 0.404. The van der Waals surface area contributed by atoms with Crippen molar-refractivity contribution in [2.75, 3.05) is 18.0 Å². The van der Waals surface area contributed by atoms with E-state index in [0.29, 0.717) is 6.04 Å². The van der Waals surface area contributed by atoms with Gasteiger partial charge in [0.15, 0.2) is 0 Å². The van der Waals surface area contributed by atoms with Crippen molar-refractivity contribution < 1.29 is 0 Å². The third-order valence-electron chi connectivity index (χ3n) is 2.39. The number of nitrogens with two attached hydrogens (primary N) is 1. The highest BCUT2D eigenvalue weighted by Gasteiger charge is 2.16. The summed E-state index contributed by atoms with van der Waals surface area (Å²) in [5.41, 5.74) is 7.01. The lowest BCUT2D eigenvalue weighted by atomic mass is 10.1. The van der Waals surface area contributed by atoms with Gasteiger partial charge in [-0.3, -0.25) is 0 Å². The minimum atomic E-state index is 0.307. The molecular weight excluding hydrogens is 164 g/mol. The van der Waals surface area contributed by atoms with E-state index in [9.17, 15) is 0 Å². The summed E-state index contributed by atoms with van der Waals surface area (Å²) < 4.78 is 0. The van der Waals surface area contributed by atoms with E-state index in [4.69, 9.17) is 5.73 Å². The second kappa shape index (κ2) is 3.70. The van der Waals surface area contributed by atoms with Gasteiger partial charge >= 0.3 is 0 Å². The number of hydrogen-bond donors (Lipinski definition) is 1. The Labute approximate surface area is 77.8 Å². The molecule has 1 aliphatic rings. The van der Waals surface area contributed by atoms with Crippen molar-refractivity contribution >= 4 is 5.69 Å². The molecule has 1 aliphatic heterocycles. The van der Waals surface area contributed by atoms with Crippen LogP contribution in [0.1, 0.15) is 12.8 Å². The maximum absolute atomic E-state index is 5.88. The fourth-order valence-electron chi connectivity index (χ4n) is 1.72. The van der Waals surface area contributed by atoms with Crippen LogP contribution in [0.3, 0.4) is 0 Å². The number of rotatable bonds is 1. The van der Waals surface area contributed by atoms with Crippen LogP contribution < -0.4 is 10.6 Å². The van der Waals surface area contributed by atoms with Crippen molar-refractivity contribution in [3.8, 4) is 0 Å². The molecule has 1 saturated heterocycles. The van der Waals surface area contributed by atoms with E-state index in [1.807, 2.05) is 6.07 Å². The zero-order valence-electron chi connectivity index (χ0n) is 7.56. The molecule has 0 bridgehead atoms. The average Bonchev–Trinajstić information content (AvgIpc) is 2.19. The first kappa shape index (κ1) is 8.44. The van der Waals surface area contributed by atoms with Crippen LogP contribution in [0, 0.1) is 0 Å². The zero-order valence-corrected chi connectivity index (χ0v) is 7.56. The summed E-state index contributed by atoms with van der Waals surface area (Å²) in [7, 11) is 0. The Hall–Kier alpha value is -1.16. The number of piperidine rings is 1. The van der Waals surface area contributed by atoms with Crippen LogP contribution in [-0.2, 0) is 0 Å². The van der Waals surface area contributed by atoms with Gasteiger partial charge in [0.25, 0.3) is 0 Å². The van der Waals surface area contributed by atoms with E-state index in [-0.39, 0.29) is 0 Å². The number of aromatic nitrogens is 2. The number of nitrogens with zero attached hydrogens (tertiary/aromatic N) is 3. The van der Waals surface area contributed by atoms with Gasteiger partial charge in [-0.05, 0) is 18.9 Å². The maximum Gasteiger partial charge on any atom is 0.0729 e. The van der Waals surface area contributed by atoms with Crippen molar-refractivity contribution in [3.63, 3.8) is 0 Å². The van der Waals surface area contributed by atoms with Crippen LogP contribution in [-0.4, -0.2) is 29.3 Å². The standard InChI is InChI=1S/C9H14N4/c10-8-2-1-5-13(7-8)9-3-4-11-12-6-9/h3-4,6,8H,1-2,5,7,10H2. The van der Waals surface area contributed by atoms with E-state index in [2.05, 4.69) is 15.1 Å². The fourth-order valence-corrected chi connectivity index (χ4v) is 1.72. The summed E-state index contributed by atoms with van der Waals surface area (Å²) in [6, 6.07) is 2.28. The molecule has 1 fully saturated rings. The molecule has 2 N–H and O–H groups in total. The molecule has 4 heteroatoms. The summed E-state index contributed by atoms with van der Waals surface area (Å²) in [6.45, 7) is 2.02. The van der Waals surface area contributed by atoms with Crippen LogP contribution >= 0.6 is 0 Å². The Bertz CT molecular complexity index is 262. The second-order valence-electron chi connectivity index (χ2n) is 3.45. The molecule has 2 heterocycles. The molecule has 0 spiro atoms. The van der Waals surface area contributed by atoms with Crippen LogP contribution in [0.2, 0.25) is 0 Å². The van der Waals surface area contributed by atoms with Crippen molar-refractivity contribution in [2.24, 2.45) is 5.73 Å². The highest BCUT2D eigenvalue weighted by Crippen LogP contribution is 2.16. The monoisotopic (exact) mass is 178 g/mol. The minimum Gasteiger partial charge on any atom is -0.369 e. The maximum atomic E-state index is 5.88. The molecule has 1 unspecified atom stereocenters. The van der Waals surface area contributed by atoms with Gasteiger partial charge in [-0.15, -0.1) is 0 Å². The summed E-state index contributed by atoms with van der Waals surface area (Å²) >= 11 is 0. The topological polar surface area (TPSA) is 55.0 Å². The van der Waals surface area contributed by atoms with E-state index in [0.717, 1.165) is 25.2 Å². The van der Waals surface area contributed by atoms with E-state index in [1.165, 1.54) is 6.42 Å². The van der Waals surface area contributed by atoms with Crippen molar-refractivity contribution in [1.82, 2.24) is 10.2 Å². The SMILES string of the molecule is NC1CCCN(c2ccnnc2)C1. The van der Waals surface area contributed by atoms with Gasteiger partial charge in [-0.1, -0.05) is 0 Å². The first-order chi connectivity index (χ1) is 6.36. The van der Waals surface area contributed by atoms with Gasteiger partial charge in [-0.25, -0.2) is 0 Å². The van der Waals surface area contributed by atoms with Gasteiger partial charge in [0.2, 0.25) is 0 Å². The van der Waals surface area contributed by atoms with E-state index in [1.54, 1.807) is 12.4 Å². The molecule has 2 rings (SSSR count). The number of anilines is 1. The fraction of sp³-hybridized carbons (Fsp3) is 0.556. The quantitative estimate of drug-likeness (QED) is 0.676. The Morgan fingerprint density at radius 1 is 1.46 bits per heavy atom. The van der Waals surface area contributed by atoms with Gasteiger partial charge in [-0.2, -0.15) is 10.2 Å². The van der Waals surface area contributed by atoms with Crippen LogP contribution in [0.25, 0.3) is 0 Å². The third-order valence-corrected chi connectivity index (χ3v) is 2.39. The second-order valence-corrected chi connectivity index (χ2v) is 3.45. The summed E-state index contributed by atoms with van der Waals surface area (Å²) in [5.74, 6) is 0. The molecule has 0 saturated carbocycles. The first-order valence-corrected chi connectivity index (χ1v) is 4.63. The molecular formula is C9H14N4. The van der Waals surface area contributed by atoms with Gasteiger partial charge in [0, 0.05) is 19.1 Å². The lowest BCUT2D eigenvalue weighted by molar-refractivity contribution is 0.505. The lowest BCUT2D eigenvalue weighted by Crippen LogP contribution is -2.42. The molecule has 1 aromatic heterocycles. The smallest absolute Gasteiger partial charge is 0.0729 e. The highest BCUT2D eigenvalue weighted by atomic mass is 15.2. The lowest BCUT2D eigenvalue weighted by Gasteiger charge is -2.32. The molecule has 0 aromatic carbocycles. The Morgan fingerprint density at radius 2 is 2.38 bits per heavy atom. The van der Waals surface area contributed by atoms with Crippen molar-refractivity contribution in [2.45, 2.75) is 18.9 Å². The summed E-state index contributed by atoms with van der Waals surface area (Å²) in [5, 5.41) is 7.60. The van der Waals surface area contributed by atoms with Gasteiger partial charge in [0.1, 0.15) is 0 Å². The Morgan fingerprint density at radius 3 is 3.08 bits per heavy atom. The molecule has 0 aliphatic carbocycles. The molecule has 1 aromatic rings. The molecule has 0 radical (unpaired) electrons. The predicted molar refractivity (Wildman–Crippen MR) is 51.5 cm³/mol. The highest BCUT2D eigenvalue weighted by molar-refractivity contribution is 5.43. The van der Waals surface area contributed by atoms with Gasteiger partial charge in [0.05, 0.1) is 18.1 Å². The van der Waals surface area contributed by atoms with Crippen molar-refractivity contribution in [1.29, 1.82) is 0 Å². The normalized spacial score (nSPS) is 23.2. The van der Waals surface area contributed by atoms with E-state index >= 15 is 0 Å². The average molecular weight is 178 g/mol. The van der Waals surface area contributed by atoms with Crippen LogP contribution in [0.5, 0.6) is 0 Å². The zero-order chi connectivity index (χ0) is 9.10. The largest absolute Gasteiger partial charge is 0.369 e. The molecule has 13 heavy (non-hydrogen) atoms. The molecule has 0 amide bonds. The molecule has 1 atom stereocenters. The van der Waals surface area contributed by atoms with Crippen molar-refractivity contribution in [3.05, 3.63) is 18.5 Å². The van der Waals surface area contributed by atoms with E-state index < -0.39 is 0 Å². The Balaban J connectivity index is 2.08. The Kier molecular flexibility index (Phi) is 2.40. The van der Waals surface area contributed by atoms with Gasteiger partial charge < -0.3 is 10.6 Å².